The highest BCUT2D eigenvalue weighted by Gasteiger charge is 2.33. The lowest BCUT2D eigenvalue weighted by Gasteiger charge is -2.32. The molecule has 1 aliphatic rings. The van der Waals surface area contributed by atoms with Crippen LogP contribution in [0.15, 0.2) is 77.7 Å². The van der Waals surface area contributed by atoms with Crippen molar-refractivity contribution in [1.29, 1.82) is 0 Å². The molecule has 1 atom stereocenters. The van der Waals surface area contributed by atoms with Crippen molar-refractivity contribution in [2.75, 3.05) is 17.5 Å². The van der Waals surface area contributed by atoms with Gasteiger partial charge in [-0.3, -0.25) is 13.9 Å². The van der Waals surface area contributed by atoms with Crippen LogP contribution in [-0.4, -0.2) is 50.4 Å². The Kier molecular flexibility index (Phi) is 10.3. The minimum absolute atomic E-state index is 0.0758. The Hall–Kier alpha value is -3.85. The summed E-state index contributed by atoms with van der Waals surface area (Å²) in [5, 5.41) is 3.09. The van der Waals surface area contributed by atoms with Crippen LogP contribution in [0.25, 0.3) is 0 Å². The predicted molar refractivity (Wildman–Crippen MR) is 165 cm³/mol. The molecule has 0 aliphatic heterocycles. The molecule has 4 rings (SSSR count). The Morgan fingerprint density at radius 2 is 1.48 bits per heavy atom. The maximum atomic E-state index is 14.1. The van der Waals surface area contributed by atoms with Crippen molar-refractivity contribution in [3.63, 3.8) is 0 Å². The van der Waals surface area contributed by atoms with E-state index in [-0.39, 0.29) is 23.4 Å². The summed E-state index contributed by atoms with van der Waals surface area (Å²) >= 11 is 0. The van der Waals surface area contributed by atoms with Crippen molar-refractivity contribution < 1.29 is 22.7 Å². The first-order valence-electron chi connectivity index (χ1n) is 14.6. The molecule has 3 aromatic carbocycles. The second-order valence-electron chi connectivity index (χ2n) is 10.9. The molecule has 0 radical (unpaired) electrons. The quantitative estimate of drug-likeness (QED) is 0.305. The van der Waals surface area contributed by atoms with Gasteiger partial charge in [0.1, 0.15) is 18.3 Å². The van der Waals surface area contributed by atoms with Crippen molar-refractivity contribution in [1.82, 2.24) is 10.2 Å². The molecule has 2 amide bonds. The molecule has 0 saturated heterocycles. The van der Waals surface area contributed by atoms with Crippen LogP contribution in [-0.2, 0) is 26.2 Å². The maximum absolute atomic E-state index is 14.1. The molecule has 1 saturated carbocycles. The molecule has 3 aromatic rings. The fraction of sp³-hybridized carbons (Fsp3) is 0.394. The van der Waals surface area contributed by atoms with Crippen molar-refractivity contribution in [2.45, 2.75) is 76.9 Å². The molecule has 8 nitrogen and oxygen atoms in total. The number of sulfonamides is 1. The lowest BCUT2D eigenvalue weighted by atomic mass is 10.1. The number of anilines is 1. The van der Waals surface area contributed by atoms with Crippen LogP contribution in [0.5, 0.6) is 5.75 Å². The first kappa shape index (κ1) is 31.1. The molecule has 1 aliphatic carbocycles. The van der Waals surface area contributed by atoms with Gasteiger partial charge in [0.25, 0.3) is 10.0 Å². The zero-order valence-electron chi connectivity index (χ0n) is 24.9. The van der Waals surface area contributed by atoms with E-state index in [9.17, 15) is 18.0 Å². The monoisotopic (exact) mass is 591 g/mol. The smallest absolute Gasteiger partial charge is 0.264 e. The minimum Gasteiger partial charge on any atom is -0.494 e. The van der Waals surface area contributed by atoms with Crippen LogP contribution in [0.3, 0.4) is 0 Å². The zero-order valence-corrected chi connectivity index (χ0v) is 25.7. The summed E-state index contributed by atoms with van der Waals surface area (Å²) in [5.41, 5.74) is 3.17. The third-order valence-corrected chi connectivity index (χ3v) is 9.45. The number of carbonyl (C=O) groups excluding carboxylic acids is 2. The molecule has 0 spiro atoms. The molecule has 0 heterocycles. The highest BCUT2D eigenvalue weighted by Crippen LogP contribution is 2.27. The van der Waals surface area contributed by atoms with Crippen LogP contribution in [0.2, 0.25) is 0 Å². The van der Waals surface area contributed by atoms with Crippen LogP contribution in [0.4, 0.5) is 5.69 Å². The number of benzene rings is 3. The first-order valence-corrected chi connectivity index (χ1v) is 16.0. The van der Waals surface area contributed by atoms with Crippen molar-refractivity contribution >= 4 is 27.5 Å². The van der Waals surface area contributed by atoms with Crippen LogP contribution in [0.1, 0.15) is 56.2 Å². The van der Waals surface area contributed by atoms with E-state index in [4.69, 9.17) is 4.74 Å². The zero-order chi connectivity index (χ0) is 30.3. The molecule has 0 unspecified atom stereocenters. The van der Waals surface area contributed by atoms with Gasteiger partial charge in [0.15, 0.2) is 0 Å². The van der Waals surface area contributed by atoms with Gasteiger partial charge in [-0.15, -0.1) is 0 Å². The lowest BCUT2D eigenvalue weighted by molar-refractivity contribution is -0.139. The number of nitrogens with zero attached hydrogens (tertiary/aromatic N) is 2. The van der Waals surface area contributed by atoms with Gasteiger partial charge in [-0.2, -0.15) is 0 Å². The van der Waals surface area contributed by atoms with Gasteiger partial charge in [-0.1, -0.05) is 60.4 Å². The summed E-state index contributed by atoms with van der Waals surface area (Å²) in [6, 6.07) is 20.2. The third kappa shape index (κ3) is 7.70. The summed E-state index contributed by atoms with van der Waals surface area (Å²) in [7, 11) is -4.12. The van der Waals surface area contributed by atoms with E-state index >= 15 is 0 Å². The molecule has 0 bridgehead atoms. The Morgan fingerprint density at radius 3 is 2.05 bits per heavy atom. The lowest BCUT2D eigenvalue weighted by Crippen LogP contribution is -2.52. The fourth-order valence-electron chi connectivity index (χ4n) is 5.11. The van der Waals surface area contributed by atoms with Crippen molar-refractivity contribution in [3.05, 3.63) is 89.5 Å². The molecule has 42 heavy (non-hydrogen) atoms. The number of ether oxygens (including phenoxy) is 1. The van der Waals surface area contributed by atoms with Crippen LogP contribution in [0, 0.1) is 13.8 Å². The third-order valence-electron chi connectivity index (χ3n) is 7.67. The Labute approximate surface area is 249 Å². The number of hydrogen-bond donors (Lipinski definition) is 1. The van der Waals surface area contributed by atoms with E-state index in [1.165, 1.54) is 4.90 Å². The first-order chi connectivity index (χ1) is 20.1. The predicted octanol–water partition coefficient (Wildman–Crippen LogP) is 5.37. The molecule has 1 N–H and O–H groups in total. The van der Waals surface area contributed by atoms with Gasteiger partial charge in [-0.05, 0) is 82.5 Å². The van der Waals surface area contributed by atoms with Crippen molar-refractivity contribution in [3.8, 4) is 5.75 Å². The van der Waals surface area contributed by atoms with Crippen LogP contribution >= 0.6 is 0 Å². The fourth-order valence-corrected chi connectivity index (χ4v) is 6.52. The molecular weight excluding hydrogens is 550 g/mol. The number of carbonyl (C=O) groups is 2. The molecule has 1 fully saturated rings. The van der Waals surface area contributed by atoms with E-state index in [0.717, 1.165) is 46.7 Å². The second kappa shape index (κ2) is 13.9. The molecular formula is C33H41N3O5S. The number of aryl methyl sites for hydroxylation is 2. The minimum atomic E-state index is -4.12. The van der Waals surface area contributed by atoms with E-state index in [0.29, 0.717) is 18.0 Å². The average Bonchev–Trinajstić information content (AvgIpc) is 3.49. The number of rotatable bonds is 12. The standard InChI is InChI=1S/C33H41N3O5S/c1-5-41-30-18-16-29(17-19-30)36(42(39,40)31-20-12-25(3)13-21-31)23-32(37)35(22-27-14-10-24(2)11-15-27)26(4)33(38)34-28-8-6-7-9-28/h10-21,26,28H,5-9,22-23H2,1-4H3,(H,34,38)/t26-/m0/s1. The summed E-state index contributed by atoms with van der Waals surface area (Å²) < 4.78 is 34.6. The second-order valence-corrected chi connectivity index (χ2v) is 12.8. The van der Waals surface area contributed by atoms with Gasteiger partial charge < -0.3 is 15.0 Å². The van der Waals surface area contributed by atoms with E-state index < -0.39 is 28.5 Å². The summed E-state index contributed by atoms with van der Waals surface area (Å²) in [4.78, 5) is 29.0. The molecule has 224 valence electrons. The SMILES string of the molecule is CCOc1ccc(N(CC(=O)N(Cc2ccc(C)cc2)[C@@H](C)C(=O)NC2CCCC2)S(=O)(=O)c2ccc(C)cc2)cc1. The van der Waals surface area contributed by atoms with Crippen molar-refractivity contribution in [2.24, 2.45) is 0 Å². The topological polar surface area (TPSA) is 96.0 Å². The number of amides is 2. The van der Waals surface area contributed by atoms with Gasteiger partial charge >= 0.3 is 0 Å². The van der Waals surface area contributed by atoms with Gasteiger partial charge in [0.2, 0.25) is 11.8 Å². The average molecular weight is 592 g/mol. The van der Waals surface area contributed by atoms with Crippen LogP contribution < -0.4 is 14.4 Å². The normalized spacial score (nSPS) is 14.3. The van der Waals surface area contributed by atoms with E-state index in [1.54, 1.807) is 55.5 Å². The highest BCUT2D eigenvalue weighted by atomic mass is 32.2. The summed E-state index contributed by atoms with van der Waals surface area (Å²) in [6.07, 6.45) is 3.98. The Balaban J connectivity index is 1.68. The van der Waals surface area contributed by atoms with E-state index in [1.807, 2.05) is 45.0 Å². The maximum Gasteiger partial charge on any atom is 0.264 e. The highest BCUT2D eigenvalue weighted by molar-refractivity contribution is 7.92. The largest absolute Gasteiger partial charge is 0.494 e. The number of hydrogen-bond acceptors (Lipinski definition) is 5. The summed E-state index contributed by atoms with van der Waals surface area (Å²) in [5.74, 6) is -0.121. The van der Waals surface area contributed by atoms with Gasteiger partial charge in [-0.25, -0.2) is 8.42 Å². The summed E-state index contributed by atoms with van der Waals surface area (Å²) in [6.45, 7) is 7.59. The molecule has 9 heteroatoms. The van der Waals surface area contributed by atoms with Gasteiger partial charge in [0, 0.05) is 12.6 Å². The molecule has 0 aromatic heterocycles. The number of nitrogens with one attached hydrogen (secondary N) is 1. The van der Waals surface area contributed by atoms with Gasteiger partial charge in [0.05, 0.1) is 17.2 Å². The Morgan fingerprint density at radius 1 is 0.905 bits per heavy atom. The van der Waals surface area contributed by atoms with E-state index in [2.05, 4.69) is 5.32 Å². The Bertz CT molecular complexity index is 1450.